The van der Waals surface area contributed by atoms with Crippen molar-refractivity contribution in [3.63, 3.8) is 0 Å². The van der Waals surface area contributed by atoms with Crippen molar-refractivity contribution < 1.29 is 5.11 Å². The van der Waals surface area contributed by atoms with Gasteiger partial charge in [-0.25, -0.2) is 9.97 Å². The zero-order chi connectivity index (χ0) is 15.5. The number of aliphatic hydroxyl groups is 1. The van der Waals surface area contributed by atoms with E-state index >= 15 is 0 Å². The third kappa shape index (κ3) is 4.02. The summed E-state index contributed by atoms with van der Waals surface area (Å²) in [7, 11) is 0. The second-order valence-electron chi connectivity index (χ2n) is 5.31. The summed E-state index contributed by atoms with van der Waals surface area (Å²) < 4.78 is 0.826. The number of hydrogen-bond acceptors (Lipinski definition) is 5. The van der Waals surface area contributed by atoms with Gasteiger partial charge in [0.15, 0.2) is 5.82 Å². The molecule has 0 amide bonds. The summed E-state index contributed by atoms with van der Waals surface area (Å²) in [4.78, 5) is 12.7. The molecule has 0 spiro atoms. The van der Waals surface area contributed by atoms with Crippen LogP contribution in [0, 0.1) is 0 Å². The zero-order valence-electron chi connectivity index (χ0n) is 12.0. The van der Waals surface area contributed by atoms with Crippen molar-refractivity contribution in [1.29, 1.82) is 0 Å². The maximum absolute atomic E-state index is 9.69. The van der Waals surface area contributed by atoms with Gasteiger partial charge in [-0.2, -0.15) is 4.98 Å². The molecule has 114 valence electrons. The predicted octanol–water partition coefficient (Wildman–Crippen LogP) is 3.79. The fourth-order valence-electron chi connectivity index (χ4n) is 2.09. The molecule has 21 heavy (non-hydrogen) atoms. The van der Waals surface area contributed by atoms with Crippen LogP contribution in [-0.4, -0.2) is 32.2 Å². The number of unbranched alkanes of at least 4 members (excludes halogenated alkanes) is 1. The SMILES string of the molecule is CCCC[C@](C)(CO)Nc1nc(Cl)nc2cc(Br)cnc12. The summed E-state index contributed by atoms with van der Waals surface area (Å²) in [6, 6.07) is 1.84. The quantitative estimate of drug-likeness (QED) is 0.754. The first-order valence-electron chi connectivity index (χ1n) is 6.85. The van der Waals surface area contributed by atoms with E-state index in [0.29, 0.717) is 16.9 Å². The first kappa shape index (κ1) is 16.4. The molecular formula is C14H18BrClN4O. The maximum Gasteiger partial charge on any atom is 0.225 e. The Morgan fingerprint density at radius 3 is 2.86 bits per heavy atom. The Morgan fingerprint density at radius 1 is 1.43 bits per heavy atom. The normalized spacial score (nSPS) is 14.1. The number of anilines is 1. The number of hydrogen-bond donors (Lipinski definition) is 2. The fourth-order valence-corrected chi connectivity index (χ4v) is 2.58. The van der Waals surface area contributed by atoms with Gasteiger partial charge in [0, 0.05) is 10.7 Å². The topological polar surface area (TPSA) is 70.9 Å². The first-order chi connectivity index (χ1) is 9.97. The van der Waals surface area contributed by atoms with Crippen molar-refractivity contribution in [3.8, 4) is 0 Å². The second-order valence-corrected chi connectivity index (χ2v) is 6.56. The fraction of sp³-hybridized carbons (Fsp3) is 0.500. The Morgan fingerprint density at radius 2 is 2.19 bits per heavy atom. The van der Waals surface area contributed by atoms with Gasteiger partial charge in [0.25, 0.3) is 0 Å². The molecule has 2 rings (SSSR count). The van der Waals surface area contributed by atoms with Gasteiger partial charge in [0.05, 0.1) is 17.7 Å². The number of halogens is 2. The molecule has 0 aliphatic heterocycles. The van der Waals surface area contributed by atoms with Crippen LogP contribution >= 0.6 is 27.5 Å². The number of pyridine rings is 1. The molecule has 0 aliphatic carbocycles. The monoisotopic (exact) mass is 372 g/mol. The Kier molecular flexibility index (Phi) is 5.35. The highest BCUT2D eigenvalue weighted by molar-refractivity contribution is 9.10. The van der Waals surface area contributed by atoms with E-state index in [9.17, 15) is 5.11 Å². The van der Waals surface area contributed by atoms with Crippen LogP contribution in [0.4, 0.5) is 5.82 Å². The summed E-state index contributed by atoms with van der Waals surface area (Å²) in [5.41, 5.74) is 0.830. The molecule has 2 aromatic heterocycles. The van der Waals surface area contributed by atoms with E-state index in [-0.39, 0.29) is 11.9 Å². The van der Waals surface area contributed by atoms with Gasteiger partial charge in [-0.3, -0.25) is 0 Å². The van der Waals surface area contributed by atoms with Crippen molar-refractivity contribution in [3.05, 3.63) is 22.0 Å². The number of aromatic nitrogens is 3. The van der Waals surface area contributed by atoms with Gasteiger partial charge in [0.2, 0.25) is 5.28 Å². The lowest BCUT2D eigenvalue weighted by molar-refractivity contribution is 0.212. The van der Waals surface area contributed by atoms with Crippen molar-refractivity contribution in [2.45, 2.75) is 38.6 Å². The molecule has 0 saturated carbocycles. The van der Waals surface area contributed by atoms with Crippen molar-refractivity contribution >= 4 is 44.4 Å². The minimum atomic E-state index is -0.463. The van der Waals surface area contributed by atoms with Crippen LogP contribution < -0.4 is 5.32 Å². The highest BCUT2D eigenvalue weighted by Gasteiger charge is 2.24. The Bertz CT molecular complexity index is 634. The van der Waals surface area contributed by atoms with Crippen molar-refractivity contribution in [1.82, 2.24) is 15.0 Å². The summed E-state index contributed by atoms with van der Waals surface area (Å²) >= 11 is 9.35. The van der Waals surface area contributed by atoms with E-state index in [1.54, 1.807) is 6.20 Å². The number of nitrogens with one attached hydrogen (secondary N) is 1. The largest absolute Gasteiger partial charge is 0.394 e. The summed E-state index contributed by atoms with van der Waals surface area (Å²) in [6.45, 7) is 4.09. The van der Waals surface area contributed by atoms with Gasteiger partial charge in [-0.1, -0.05) is 19.8 Å². The van der Waals surface area contributed by atoms with E-state index in [0.717, 1.165) is 23.7 Å². The first-order valence-corrected chi connectivity index (χ1v) is 8.02. The molecule has 7 heteroatoms. The van der Waals surface area contributed by atoms with E-state index in [1.165, 1.54) is 0 Å². The van der Waals surface area contributed by atoms with Crippen LogP contribution in [0.3, 0.4) is 0 Å². The van der Waals surface area contributed by atoms with Crippen LogP contribution in [0.1, 0.15) is 33.1 Å². The number of rotatable bonds is 6. The standard InChI is InChI=1S/C14H18BrClN4O/c1-3-4-5-14(2,8-21)20-12-11-10(18-13(16)19-12)6-9(15)7-17-11/h6-7,21H,3-5,8H2,1-2H3,(H,18,19,20)/t14-/m1/s1. The van der Waals surface area contributed by atoms with Gasteiger partial charge in [-0.05, 0) is 46.9 Å². The van der Waals surface area contributed by atoms with Gasteiger partial charge in [0.1, 0.15) is 5.52 Å². The van der Waals surface area contributed by atoms with Gasteiger partial charge in [-0.15, -0.1) is 0 Å². The van der Waals surface area contributed by atoms with Gasteiger partial charge >= 0.3 is 0 Å². The summed E-state index contributed by atoms with van der Waals surface area (Å²) in [6.07, 6.45) is 4.60. The lowest BCUT2D eigenvalue weighted by atomic mass is 9.96. The molecule has 0 saturated heterocycles. The number of fused-ring (bicyclic) bond motifs is 1. The second kappa shape index (κ2) is 6.85. The molecule has 0 aliphatic rings. The van der Waals surface area contributed by atoms with Crippen LogP contribution in [0.25, 0.3) is 11.0 Å². The molecule has 2 aromatic rings. The molecule has 0 bridgehead atoms. The average molecular weight is 374 g/mol. The van der Waals surface area contributed by atoms with Crippen molar-refractivity contribution in [2.75, 3.05) is 11.9 Å². The summed E-state index contributed by atoms with van der Waals surface area (Å²) in [5, 5.41) is 13.1. The highest BCUT2D eigenvalue weighted by Crippen LogP contribution is 2.27. The van der Waals surface area contributed by atoms with Gasteiger partial charge < -0.3 is 10.4 Å². The maximum atomic E-state index is 9.69. The Hall–Kier alpha value is -0.980. The molecule has 0 unspecified atom stereocenters. The molecule has 0 fully saturated rings. The summed E-state index contributed by atoms with van der Waals surface area (Å²) in [5.74, 6) is 0.546. The lowest BCUT2D eigenvalue weighted by Crippen LogP contribution is -2.39. The van der Waals surface area contributed by atoms with Crippen LogP contribution in [0.5, 0.6) is 0 Å². The number of aliphatic hydroxyl groups excluding tert-OH is 1. The molecule has 1 atom stereocenters. The van der Waals surface area contributed by atoms with E-state index in [1.807, 2.05) is 13.0 Å². The molecule has 0 radical (unpaired) electrons. The molecular weight excluding hydrogens is 356 g/mol. The van der Waals surface area contributed by atoms with Crippen LogP contribution in [0.15, 0.2) is 16.7 Å². The van der Waals surface area contributed by atoms with E-state index in [4.69, 9.17) is 11.6 Å². The third-order valence-electron chi connectivity index (χ3n) is 3.33. The van der Waals surface area contributed by atoms with E-state index < -0.39 is 5.54 Å². The predicted molar refractivity (Wildman–Crippen MR) is 88.7 cm³/mol. The minimum Gasteiger partial charge on any atom is -0.394 e. The molecule has 2 heterocycles. The lowest BCUT2D eigenvalue weighted by Gasteiger charge is -2.29. The molecule has 5 nitrogen and oxygen atoms in total. The van der Waals surface area contributed by atoms with Crippen LogP contribution in [-0.2, 0) is 0 Å². The van der Waals surface area contributed by atoms with Crippen molar-refractivity contribution in [2.24, 2.45) is 0 Å². The number of nitrogens with zero attached hydrogens (tertiary/aromatic N) is 3. The highest BCUT2D eigenvalue weighted by atomic mass is 79.9. The van der Waals surface area contributed by atoms with E-state index in [2.05, 4.69) is 43.1 Å². The van der Waals surface area contributed by atoms with Crippen LogP contribution in [0.2, 0.25) is 5.28 Å². The smallest absolute Gasteiger partial charge is 0.225 e. The Balaban J connectivity index is 2.41. The minimum absolute atomic E-state index is 0.00659. The molecule has 0 aromatic carbocycles. The molecule has 2 N–H and O–H groups in total. The average Bonchev–Trinajstić information content (AvgIpc) is 2.44. The Labute approximate surface area is 137 Å². The zero-order valence-corrected chi connectivity index (χ0v) is 14.4. The third-order valence-corrected chi connectivity index (χ3v) is 3.93.